The second-order valence-corrected chi connectivity index (χ2v) is 7.66. The van der Waals surface area contributed by atoms with Gasteiger partial charge in [-0.3, -0.25) is 0 Å². The summed E-state index contributed by atoms with van der Waals surface area (Å²) in [5.41, 5.74) is 0. The number of ether oxygens (including phenoxy) is 6. The molecule has 6 heteroatoms. The molecule has 174 valence electrons. The largest absolute Gasteiger partial charge is 0.379 e. The maximum absolute atomic E-state index is 5.86. The molecule has 0 aromatic carbocycles. The molecule has 0 aliphatic carbocycles. The molecule has 0 saturated carbocycles. The predicted octanol–water partition coefficient (Wildman–Crippen LogP) is 4.39. The van der Waals surface area contributed by atoms with Crippen molar-refractivity contribution in [3.05, 3.63) is 0 Å². The zero-order valence-electron chi connectivity index (χ0n) is 18.9. The van der Waals surface area contributed by atoms with E-state index < -0.39 is 0 Å². The van der Waals surface area contributed by atoms with E-state index in [0.717, 1.165) is 13.0 Å². The van der Waals surface area contributed by atoms with Gasteiger partial charge in [0.05, 0.1) is 66.1 Å². The number of hydrogen-bond acceptors (Lipinski definition) is 6. The molecule has 1 heterocycles. The second kappa shape index (κ2) is 22.4. The van der Waals surface area contributed by atoms with E-state index in [1.54, 1.807) is 0 Å². The first-order valence-corrected chi connectivity index (χ1v) is 11.9. The third-order valence-electron chi connectivity index (χ3n) is 4.95. The van der Waals surface area contributed by atoms with Gasteiger partial charge in [0.25, 0.3) is 0 Å². The number of hydrogen-bond donors (Lipinski definition) is 0. The highest BCUT2D eigenvalue weighted by molar-refractivity contribution is 4.56. The molecule has 0 bridgehead atoms. The van der Waals surface area contributed by atoms with E-state index in [2.05, 4.69) is 6.92 Å². The van der Waals surface area contributed by atoms with Gasteiger partial charge in [-0.15, -0.1) is 0 Å². The average Bonchev–Trinajstić information content (AvgIpc) is 2.74. The lowest BCUT2D eigenvalue weighted by Gasteiger charge is -2.18. The Morgan fingerprint density at radius 2 is 1.07 bits per heavy atom. The summed E-state index contributed by atoms with van der Waals surface area (Å²) >= 11 is 0. The van der Waals surface area contributed by atoms with Crippen LogP contribution < -0.4 is 0 Å². The van der Waals surface area contributed by atoms with Gasteiger partial charge in [-0.2, -0.15) is 0 Å². The van der Waals surface area contributed by atoms with Crippen molar-refractivity contribution in [2.24, 2.45) is 0 Å². The highest BCUT2D eigenvalue weighted by Gasteiger charge is 2.10. The maximum atomic E-state index is 5.86. The summed E-state index contributed by atoms with van der Waals surface area (Å²) in [6.07, 6.45) is 13.3. The van der Waals surface area contributed by atoms with Gasteiger partial charge in [0.2, 0.25) is 0 Å². The fourth-order valence-corrected chi connectivity index (χ4v) is 3.20. The highest BCUT2D eigenvalue weighted by Crippen LogP contribution is 2.10. The molecule has 0 radical (unpaired) electrons. The molecule has 1 fully saturated rings. The molecular formula is C23H46O6. The standard InChI is InChI=1S/C23H46O6/c1-2-3-4-5-6-7-8-9-10-11-12-27-21-23-22-28-18-17-25-14-13-24-15-16-26-19-20-29-23/h23H,2-22H2,1H3. The van der Waals surface area contributed by atoms with Gasteiger partial charge in [-0.25, -0.2) is 0 Å². The summed E-state index contributed by atoms with van der Waals surface area (Å²) in [6.45, 7) is 8.77. The van der Waals surface area contributed by atoms with Gasteiger partial charge in [0.1, 0.15) is 6.10 Å². The van der Waals surface area contributed by atoms with Crippen LogP contribution in [0, 0.1) is 0 Å². The predicted molar refractivity (Wildman–Crippen MR) is 116 cm³/mol. The van der Waals surface area contributed by atoms with Crippen LogP contribution in [0.15, 0.2) is 0 Å². The van der Waals surface area contributed by atoms with Gasteiger partial charge in [-0.05, 0) is 6.42 Å². The molecule has 1 rings (SSSR count). The Bertz CT molecular complexity index is 300. The minimum absolute atomic E-state index is 0.0527. The monoisotopic (exact) mass is 418 g/mol. The van der Waals surface area contributed by atoms with Crippen molar-refractivity contribution in [2.45, 2.75) is 77.2 Å². The van der Waals surface area contributed by atoms with E-state index in [1.807, 2.05) is 0 Å². The van der Waals surface area contributed by atoms with Crippen LogP contribution in [0.5, 0.6) is 0 Å². The molecule has 0 spiro atoms. The smallest absolute Gasteiger partial charge is 0.104 e. The van der Waals surface area contributed by atoms with Crippen molar-refractivity contribution in [3.63, 3.8) is 0 Å². The van der Waals surface area contributed by atoms with Crippen LogP contribution in [0.25, 0.3) is 0 Å². The molecule has 6 nitrogen and oxygen atoms in total. The van der Waals surface area contributed by atoms with Crippen LogP contribution in [-0.2, 0) is 28.4 Å². The Morgan fingerprint density at radius 3 is 1.66 bits per heavy atom. The number of rotatable bonds is 13. The van der Waals surface area contributed by atoms with E-state index in [0.29, 0.717) is 66.1 Å². The summed E-state index contributed by atoms with van der Waals surface area (Å²) < 4.78 is 33.7. The first kappa shape index (κ1) is 26.8. The molecule has 0 aromatic heterocycles. The van der Waals surface area contributed by atoms with Crippen molar-refractivity contribution in [2.75, 3.05) is 72.7 Å². The van der Waals surface area contributed by atoms with E-state index >= 15 is 0 Å². The van der Waals surface area contributed by atoms with Gasteiger partial charge in [0, 0.05) is 6.61 Å². The minimum atomic E-state index is -0.0527. The Labute approximate surface area is 178 Å². The van der Waals surface area contributed by atoms with Crippen LogP contribution in [0.2, 0.25) is 0 Å². The fraction of sp³-hybridized carbons (Fsp3) is 1.00. The van der Waals surface area contributed by atoms with E-state index in [-0.39, 0.29) is 6.10 Å². The Kier molecular flexibility index (Phi) is 20.7. The topological polar surface area (TPSA) is 55.4 Å². The molecule has 29 heavy (non-hydrogen) atoms. The molecule has 0 amide bonds. The lowest BCUT2D eigenvalue weighted by atomic mass is 10.1. The van der Waals surface area contributed by atoms with E-state index in [4.69, 9.17) is 28.4 Å². The molecule has 1 aliphatic rings. The van der Waals surface area contributed by atoms with Gasteiger partial charge in [-0.1, -0.05) is 64.7 Å². The maximum Gasteiger partial charge on any atom is 0.104 e. The van der Waals surface area contributed by atoms with Crippen LogP contribution in [0.3, 0.4) is 0 Å². The summed E-state index contributed by atoms with van der Waals surface area (Å²) in [6, 6.07) is 0. The highest BCUT2D eigenvalue weighted by atomic mass is 16.6. The van der Waals surface area contributed by atoms with Crippen molar-refractivity contribution >= 4 is 0 Å². The molecule has 1 unspecified atom stereocenters. The molecular weight excluding hydrogens is 372 g/mol. The Balaban J connectivity index is 1.99. The molecule has 0 N–H and O–H groups in total. The summed E-state index contributed by atoms with van der Waals surface area (Å²) in [7, 11) is 0. The number of unbranched alkanes of at least 4 members (excludes halogenated alkanes) is 9. The zero-order chi connectivity index (χ0) is 20.7. The summed E-state index contributed by atoms with van der Waals surface area (Å²) in [5.74, 6) is 0. The summed E-state index contributed by atoms with van der Waals surface area (Å²) in [5, 5.41) is 0. The van der Waals surface area contributed by atoms with Crippen molar-refractivity contribution in [1.29, 1.82) is 0 Å². The van der Waals surface area contributed by atoms with E-state index in [1.165, 1.54) is 57.8 Å². The SMILES string of the molecule is CCCCCCCCCCCCOCC1COCCOCCOCCOCCO1. The molecule has 1 saturated heterocycles. The van der Waals surface area contributed by atoms with E-state index in [9.17, 15) is 0 Å². The second-order valence-electron chi connectivity index (χ2n) is 7.66. The zero-order valence-corrected chi connectivity index (χ0v) is 18.9. The van der Waals surface area contributed by atoms with Crippen LogP contribution >= 0.6 is 0 Å². The third kappa shape index (κ3) is 19.5. The fourth-order valence-electron chi connectivity index (χ4n) is 3.20. The van der Waals surface area contributed by atoms with Gasteiger partial charge < -0.3 is 28.4 Å². The first-order valence-electron chi connectivity index (χ1n) is 11.9. The first-order chi connectivity index (χ1) is 14.4. The van der Waals surface area contributed by atoms with Crippen LogP contribution in [0.4, 0.5) is 0 Å². The van der Waals surface area contributed by atoms with Crippen LogP contribution in [0.1, 0.15) is 71.1 Å². The van der Waals surface area contributed by atoms with Gasteiger partial charge >= 0.3 is 0 Å². The molecule has 1 atom stereocenters. The lowest BCUT2D eigenvalue weighted by molar-refractivity contribution is -0.0778. The van der Waals surface area contributed by atoms with Crippen molar-refractivity contribution in [3.8, 4) is 0 Å². The average molecular weight is 419 g/mol. The van der Waals surface area contributed by atoms with Crippen LogP contribution in [-0.4, -0.2) is 78.8 Å². The minimum Gasteiger partial charge on any atom is -0.379 e. The van der Waals surface area contributed by atoms with Crippen molar-refractivity contribution in [1.82, 2.24) is 0 Å². The van der Waals surface area contributed by atoms with Gasteiger partial charge in [0.15, 0.2) is 0 Å². The molecule has 1 aliphatic heterocycles. The lowest BCUT2D eigenvalue weighted by Crippen LogP contribution is -2.28. The quantitative estimate of drug-likeness (QED) is 0.414. The third-order valence-corrected chi connectivity index (χ3v) is 4.95. The summed E-state index contributed by atoms with van der Waals surface area (Å²) in [4.78, 5) is 0. The normalized spacial score (nSPS) is 20.8. The van der Waals surface area contributed by atoms with Crippen molar-refractivity contribution < 1.29 is 28.4 Å². The Morgan fingerprint density at radius 1 is 0.586 bits per heavy atom. The molecule has 0 aromatic rings. The Hall–Kier alpha value is -0.240.